The molecule has 0 radical (unpaired) electrons. The van der Waals surface area contributed by atoms with E-state index >= 15 is 0 Å². The van der Waals surface area contributed by atoms with Crippen molar-refractivity contribution in [2.75, 3.05) is 11.1 Å². The molecule has 24 heavy (non-hydrogen) atoms. The number of nitrogen functional groups attached to an aromatic ring is 1. The first-order chi connectivity index (χ1) is 11.0. The molecule has 0 unspecified atom stereocenters. The number of hydrogen-bond donors (Lipinski definition) is 3. The third kappa shape index (κ3) is 4.37. The number of nitrogens with two attached hydrogens (primary N) is 1. The maximum atomic E-state index is 12.3. The van der Waals surface area contributed by atoms with Crippen LogP contribution in [0.2, 0.25) is 0 Å². The van der Waals surface area contributed by atoms with Crippen molar-refractivity contribution in [2.45, 2.75) is 0 Å². The Hall–Kier alpha value is -1.83. The smallest absolute Gasteiger partial charge is 0.255 e. The van der Waals surface area contributed by atoms with E-state index < -0.39 is 0 Å². The Labute approximate surface area is 161 Å². The maximum Gasteiger partial charge on any atom is 0.255 e. The van der Waals surface area contributed by atoms with Crippen LogP contribution in [0.3, 0.4) is 0 Å². The molecular weight excluding hydrogens is 459 g/mol. The van der Waals surface area contributed by atoms with Crippen molar-refractivity contribution in [2.24, 2.45) is 0 Å². The molecular formula is C16H13Br2ClN4O. The van der Waals surface area contributed by atoms with Crippen molar-refractivity contribution in [1.29, 1.82) is 0 Å². The predicted molar refractivity (Wildman–Crippen MR) is 105 cm³/mol. The van der Waals surface area contributed by atoms with E-state index in [4.69, 9.17) is 5.73 Å². The fourth-order valence-electron chi connectivity index (χ4n) is 2.10. The van der Waals surface area contributed by atoms with Gasteiger partial charge >= 0.3 is 0 Å². The zero-order valence-electron chi connectivity index (χ0n) is 12.2. The van der Waals surface area contributed by atoms with Crippen LogP contribution in [0.4, 0.5) is 11.6 Å². The SMILES string of the molecule is Cl.Nc1ncc(-c2ccc(NC(=O)c3cc(Br)cc(Br)c3)cc2)[nH]1. The summed E-state index contributed by atoms with van der Waals surface area (Å²) in [6.07, 6.45) is 1.67. The highest BCUT2D eigenvalue weighted by molar-refractivity contribution is 9.11. The van der Waals surface area contributed by atoms with E-state index in [1.807, 2.05) is 30.3 Å². The third-order valence-electron chi connectivity index (χ3n) is 3.17. The molecule has 4 N–H and O–H groups in total. The fourth-order valence-corrected chi connectivity index (χ4v) is 3.40. The number of nitrogens with zero attached hydrogens (tertiary/aromatic N) is 1. The molecule has 1 aromatic heterocycles. The summed E-state index contributed by atoms with van der Waals surface area (Å²) in [7, 11) is 0. The molecule has 0 atom stereocenters. The summed E-state index contributed by atoms with van der Waals surface area (Å²) >= 11 is 6.75. The first-order valence-electron chi connectivity index (χ1n) is 6.69. The number of amides is 1. The van der Waals surface area contributed by atoms with Crippen molar-refractivity contribution in [3.05, 3.63) is 63.2 Å². The van der Waals surface area contributed by atoms with Gasteiger partial charge in [0.05, 0.1) is 11.9 Å². The van der Waals surface area contributed by atoms with Crippen LogP contribution < -0.4 is 11.1 Å². The maximum absolute atomic E-state index is 12.3. The molecule has 0 saturated carbocycles. The summed E-state index contributed by atoms with van der Waals surface area (Å²) in [5.74, 6) is 0.197. The average Bonchev–Trinajstić information content (AvgIpc) is 2.93. The van der Waals surface area contributed by atoms with Gasteiger partial charge in [-0.3, -0.25) is 4.79 Å². The largest absolute Gasteiger partial charge is 0.369 e. The van der Waals surface area contributed by atoms with Crippen molar-refractivity contribution >= 4 is 61.8 Å². The normalized spacial score (nSPS) is 10.1. The highest BCUT2D eigenvalue weighted by Crippen LogP contribution is 2.23. The summed E-state index contributed by atoms with van der Waals surface area (Å²) in [5.41, 5.74) is 8.62. The number of anilines is 2. The lowest BCUT2D eigenvalue weighted by Crippen LogP contribution is -2.11. The molecule has 2 aromatic carbocycles. The quantitative estimate of drug-likeness (QED) is 0.509. The number of H-pyrrole nitrogens is 1. The molecule has 0 saturated heterocycles. The molecule has 0 aliphatic rings. The monoisotopic (exact) mass is 470 g/mol. The Balaban J connectivity index is 0.00000208. The lowest BCUT2D eigenvalue weighted by molar-refractivity contribution is 0.102. The summed E-state index contributed by atoms with van der Waals surface area (Å²) in [6, 6.07) is 12.8. The van der Waals surface area contributed by atoms with Gasteiger partial charge in [0, 0.05) is 20.2 Å². The van der Waals surface area contributed by atoms with E-state index in [9.17, 15) is 4.79 Å². The summed E-state index contributed by atoms with van der Waals surface area (Å²) in [5, 5.41) is 2.87. The lowest BCUT2D eigenvalue weighted by atomic mass is 10.1. The van der Waals surface area contributed by atoms with E-state index in [0.717, 1.165) is 20.2 Å². The molecule has 8 heteroatoms. The van der Waals surface area contributed by atoms with Crippen LogP contribution in [0.15, 0.2) is 57.6 Å². The molecule has 3 rings (SSSR count). The molecule has 0 aliphatic heterocycles. The fraction of sp³-hybridized carbons (Fsp3) is 0. The highest BCUT2D eigenvalue weighted by Gasteiger charge is 2.08. The van der Waals surface area contributed by atoms with Crippen LogP contribution in [0.1, 0.15) is 10.4 Å². The summed E-state index contributed by atoms with van der Waals surface area (Å²) in [4.78, 5) is 19.2. The molecule has 3 aromatic rings. The Kier molecular flexibility index (Phi) is 6.04. The van der Waals surface area contributed by atoms with Gasteiger partial charge in [-0.05, 0) is 35.9 Å². The number of benzene rings is 2. The van der Waals surface area contributed by atoms with Crippen LogP contribution >= 0.6 is 44.3 Å². The van der Waals surface area contributed by atoms with Crippen LogP contribution in [-0.2, 0) is 0 Å². The van der Waals surface area contributed by atoms with Gasteiger partial charge in [-0.25, -0.2) is 4.98 Å². The third-order valence-corrected chi connectivity index (χ3v) is 4.09. The van der Waals surface area contributed by atoms with Crippen molar-refractivity contribution in [3.63, 3.8) is 0 Å². The molecule has 1 amide bonds. The molecule has 124 valence electrons. The number of nitrogens with one attached hydrogen (secondary N) is 2. The number of hydrogen-bond acceptors (Lipinski definition) is 3. The summed E-state index contributed by atoms with van der Waals surface area (Å²) in [6.45, 7) is 0. The van der Waals surface area contributed by atoms with E-state index in [1.54, 1.807) is 18.3 Å². The number of imidazole rings is 1. The summed E-state index contributed by atoms with van der Waals surface area (Å²) < 4.78 is 1.67. The second-order valence-electron chi connectivity index (χ2n) is 4.87. The van der Waals surface area contributed by atoms with Crippen LogP contribution in [-0.4, -0.2) is 15.9 Å². The molecule has 0 bridgehead atoms. The zero-order valence-corrected chi connectivity index (χ0v) is 16.2. The number of aromatic nitrogens is 2. The van der Waals surface area contributed by atoms with Gasteiger partial charge in [-0.1, -0.05) is 44.0 Å². The Morgan fingerprint density at radius 2 is 1.71 bits per heavy atom. The van der Waals surface area contributed by atoms with Gasteiger partial charge in [-0.2, -0.15) is 0 Å². The minimum absolute atomic E-state index is 0. The lowest BCUT2D eigenvalue weighted by Gasteiger charge is -2.07. The van der Waals surface area contributed by atoms with Gasteiger partial charge < -0.3 is 16.0 Å². The van der Waals surface area contributed by atoms with E-state index in [1.165, 1.54) is 0 Å². The average molecular weight is 473 g/mol. The number of carbonyl (C=O) groups excluding carboxylic acids is 1. The van der Waals surface area contributed by atoms with Crippen molar-refractivity contribution < 1.29 is 4.79 Å². The number of halogens is 3. The number of rotatable bonds is 3. The highest BCUT2D eigenvalue weighted by atomic mass is 79.9. The van der Waals surface area contributed by atoms with Crippen LogP contribution in [0.5, 0.6) is 0 Å². The minimum atomic E-state index is -0.175. The van der Waals surface area contributed by atoms with Crippen LogP contribution in [0.25, 0.3) is 11.3 Å². The molecule has 5 nitrogen and oxygen atoms in total. The molecule has 0 aliphatic carbocycles. The topological polar surface area (TPSA) is 83.8 Å². The van der Waals surface area contributed by atoms with Gasteiger partial charge in [0.2, 0.25) is 0 Å². The van der Waals surface area contributed by atoms with Gasteiger partial charge in [0.15, 0.2) is 5.95 Å². The van der Waals surface area contributed by atoms with Crippen molar-refractivity contribution in [1.82, 2.24) is 9.97 Å². The van der Waals surface area contributed by atoms with Gasteiger partial charge in [0.25, 0.3) is 5.91 Å². The first kappa shape index (κ1) is 18.5. The Morgan fingerprint density at radius 3 is 2.25 bits per heavy atom. The van der Waals surface area contributed by atoms with Crippen LogP contribution in [0, 0.1) is 0 Å². The van der Waals surface area contributed by atoms with E-state index in [-0.39, 0.29) is 18.3 Å². The standard InChI is InChI=1S/C16H12Br2N4O.ClH/c17-11-5-10(6-12(18)7-11)15(23)21-13-3-1-9(2-4-13)14-8-20-16(19)22-14;/h1-8H,(H,21,23)(H3,19,20,22);1H. The second-order valence-corrected chi connectivity index (χ2v) is 6.70. The van der Waals surface area contributed by atoms with Gasteiger partial charge in [-0.15, -0.1) is 12.4 Å². The minimum Gasteiger partial charge on any atom is -0.369 e. The zero-order chi connectivity index (χ0) is 16.4. The number of carbonyl (C=O) groups is 1. The first-order valence-corrected chi connectivity index (χ1v) is 8.28. The predicted octanol–water partition coefficient (Wildman–Crippen LogP) is 4.86. The second kappa shape index (κ2) is 7.83. The van der Waals surface area contributed by atoms with E-state index in [0.29, 0.717) is 17.2 Å². The van der Waals surface area contributed by atoms with E-state index in [2.05, 4.69) is 47.1 Å². The molecule has 0 spiro atoms. The number of aromatic amines is 1. The Morgan fingerprint density at radius 1 is 1.08 bits per heavy atom. The van der Waals surface area contributed by atoms with Gasteiger partial charge in [0.1, 0.15) is 0 Å². The van der Waals surface area contributed by atoms with Crippen molar-refractivity contribution in [3.8, 4) is 11.3 Å². The molecule has 0 fully saturated rings. The molecule has 1 heterocycles. The Bertz CT molecular complexity index is 845.